The van der Waals surface area contributed by atoms with Crippen LogP contribution in [0.5, 0.6) is 0 Å². The first-order valence-corrected chi connectivity index (χ1v) is 26.8. The summed E-state index contributed by atoms with van der Waals surface area (Å²) < 4.78 is 2.42. The Balaban J connectivity index is 0.918. The third kappa shape index (κ3) is 5.70. The van der Waals surface area contributed by atoms with Gasteiger partial charge in [-0.15, -0.1) is 0 Å². The van der Waals surface area contributed by atoms with Gasteiger partial charge in [0, 0.05) is 38.8 Å². The van der Waals surface area contributed by atoms with Crippen LogP contribution in [0, 0.1) is 23.7 Å². The minimum Gasteiger partial charge on any atom is -0.310 e. The zero-order chi connectivity index (χ0) is 47.8. The van der Waals surface area contributed by atoms with Gasteiger partial charge in [-0.05, 0) is 172 Å². The lowest BCUT2D eigenvalue weighted by atomic mass is 9.38. The van der Waals surface area contributed by atoms with Gasteiger partial charge in [0.15, 0.2) is 0 Å². The molecule has 2 nitrogen and oxygen atoms in total. The molecular formula is C71H54N2. The van der Waals surface area contributed by atoms with E-state index in [0.717, 1.165) is 28.9 Å². The van der Waals surface area contributed by atoms with Crippen LogP contribution in [0.3, 0.4) is 0 Å². The van der Waals surface area contributed by atoms with E-state index in [4.69, 9.17) is 0 Å². The molecule has 0 aliphatic heterocycles. The highest BCUT2D eigenvalue weighted by atomic mass is 15.1. The van der Waals surface area contributed by atoms with Crippen molar-refractivity contribution in [3.63, 3.8) is 0 Å². The summed E-state index contributed by atoms with van der Waals surface area (Å²) >= 11 is 0. The molecular weight excluding hydrogens is 881 g/mol. The number of aromatic nitrogens is 1. The zero-order valence-corrected chi connectivity index (χ0v) is 40.8. The molecule has 0 amide bonds. The van der Waals surface area contributed by atoms with Gasteiger partial charge in [0.05, 0.1) is 22.1 Å². The van der Waals surface area contributed by atoms with E-state index in [1.807, 2.05) is 0 Å². The average molecular weight is 935 g/mol. The topological polar surface area (TPSA) is 8.17 Å². The van der Waals surface area contributed by atoms with Gasteiger partial charge in [0.2, 0.25) is 0 Å². The van der Waals surface area contributed by atoms with Crippen LogP contribution in [0.15, 0.2) is 243 Å². The van der Waals surface area contributed by atoms with Crippen molar-refractivity contribution >= 4 is 38.9 Å². The molecule has 0 atom stereocenters. The van der Waals surface area contributed by atoms with E-state index in [0.29, 0.717) is 11.8 Å². The molecule has 1 aromatic heterocycles. The molecule has 348 valence electrons. The summed E-state index contributed by atoms with van der Waals surface area (Å²) in [7, 11) is 0. The number of hydrogen-bond donors (Lipinski definition) is 0. The predicted molar refractivity (Wildman–Crippen MR) is 301 cm³/mol. The monoisotopic (exact) mass is 934 g/mol. The average Bonchev–Trinajstić information content (AvgIpc) is 3.95. The normalized spacial score (nSPS) is 21.3. The second kappa shape index (κ2) is 15.6. The maximum Gasteiger partial charge on any atom is 0.0720 e. The maximum absolute atomic E-state index is 2.67. The summed E-state index contributed by atoms with van der Waals surface area (Å²) in [5.41, 5.74) is 23.0. The lowest BCUT2D eigenvalue weighted by Crippen LogP contribution is -2.59. The van der Waals surface area contributed by atoms with Crippen LogP contribution in [0.1, 0.15) is 65.5 Å². The van der Waals surface area contributed by atoms with Crippen molar-refractivity contribution in [1.82, 2.24) is 4.57 Å². The van der Waals surface area contributed by atoms with Crippen molar-refractivity contribution in [3.05, 3.63) is 276 Å². The van der Waals surface area contributed by atoms with Crippen LogP contribution in [0.25, 0.3) is 60.9 Å². The van der Waals surface area contributed by atoms with E-state index < -0.39 is 5.41 Å². The number of nitrogens with zero attached hydrogens (tertiary/aromatic N) is 2. The minimum atomic E-state index is -0.481. The molecule has 1 heterocycles. The Morgan fingerprint density at radius 2 is 0.863 bits per heavy atom. The maximum atomic E-state index is 2.67. The molecule has 0 N–H and O–H groups in total. The van der Waals surface area contributed by atoms with Crippen LogP contribution < -0.4 is 4.90 Å². The smallest absolute Gasteiger partial charge is 0.0720 e. The third-order valence-electron chi connectivity index (χ3n) is 18.6. The summed E-state index contributed by atoms with van der Waals surface area (Å²) in [4.78, 5) is 2.56. The molecule has 0 saturated heterocycles. The van der Waals surface area contributed by atoms with E-state index in [2.05, 4.69) is 252 Å². The number of benzene rings is 10. The van der Waals surface area contributed by atoms with Crippen molar-refractivity contribution in [3.8, 4) is 39.1 Å². The molecule has 0 unspecified atom stereocenters. The van der Waals surface area contributed by atoms with Gasteiger partial charge >= 0.3 is 0 Å². The summed E-state index contributed by atoms with van der Waals surface area (Å²) in [6, 6.07) is 92.3. The fourth-order valence-electron chi connectivity index (χ4n) is 16.2. The van der Waals surface area contributed by atoms with Gasteiger partial charge < -0.3 is 9.47 Å². The Morgan fingerprint density at radius 3 is 1.53 bits per heavy atom. The van der Waals surface area contributed by atoms with Crippen molar-refractivity contribution in [2.75, 3.05) is 4.90 Å². The Hall–Kier alpha value is -8.20. The van der Waals surface area contributed by atoms with Gasteiger partial charge in [0.25, 0.3) is 0 Å². The van der Waals surface area contributed by atoms with Crippen molar-refractivity contribution in [1.29, 1.82) is 0 Å². The molecule has 11 aromatic rings. The summed E-state index contributed by atoms with van der Waals surface area (Å²) in [6.45, 7) is 0. The fraction of sp³-hybridized carbons (Fsp3) is 0.155. The minimum absolute atomic E-state index is 0.0300. The summed E-state index contributed by atoms with van der Waals surface area (Å²) in [5.74, 6) is 2.98. The molecule has 17 rings (SSSR count). The highest BCUT2D eigenvalue weighted by Crippen LogP contribution is 2.71. The van der Waals surface area contributed by atoms with Gasteiger partial charge in [0.1, 0.15) is 0 Å². The predicted octanol–water partition coefficient (Wildman–Crippen LogP) is 18.0. The standard InChI is InChI=1S/C71H54N2/c1-2-17-49(18-3-1)56-21-6-13-30-67(56)72(53-35-33-48(34-36-53)50-19-16-20-54(44-50)73-68-31-14-7-24-59(68)60-25-8-15-32-69(60)73)55-37-38-65-66(45-55)71(61-26-9-4-22-57(61)58-23-5-10-27-62(58)71)64-29-12-11-28-63(64)70(65)51-40-46-39-47(42-51)43-52(70)41-46/h1-38,44-47,51-52H,39-43H2. The third-order valence-corrected chi connectivity index (χ3v) is 18.6. The van der Waals surface area contributed by atoms with Crippen molar-refractivity contribution in [2.24, 2.45) is 23.7 Å². The van der Waals surface area contributed by atoms with Crippen LogP contribution in [0.4, 0.5) is 17.1 Å². The van der Waals surface area contributed by atoms with Crippen LogP contribution >= 0.6 is 0 Å². The SMILES string of the molecule is c1ccc(-c2ccccc2N(c2ccc(-c3cccc(-n4c5ccccc5c5ccccc54)c3)cc2)c2ccc3c(c2)C2(c4ccccc4-c4ccccc42)c2ccccc2C32C3CC4CC(C3)CC2C4)cc1. The zero-order valence-electron chi connectivity index (χ0n) is 40.8. The van der Waals surface area contributed by atoms with Gasteiger partial charge in [-0.3, -0.25) is 0 Å². The largest absolute Gasteiger partial charge is 0.310 e. The molecule has 73 heavy (non-hydrogen) atoms. The lowest BCUT2D eigenvalue weighted by Gasteiger charge is -2.65. The highest BCUT2D eigenvalue weighted by molar-refractivity contribution is 6.09. The Morgan fingerprint density at radius 1 is 0.342 bits per heavy atom. The Bertz CT molecular complexity index is 3880. The lowest BCUT2D eigenvalue weighted by molar-refractivity contribution is -0.0440. The first kappa shape index (κ1) is 41.4. The molecule has 6 aliphatic rings. The molecule has 4 saturated carbocycles. The number of hydrogen-bond acceptors (Lipinski definition) is 1. The Labute approximate surface area is 427 Å². The van der Waals surface area contributed by atoms with Gasteiger partial charge in [-0.1, -0.05) is 188 Å². The van der Waals surface area contributed by atoms with Crippen molar-refractivity contribution in [2.45, 2.75) is 42.9 Å². The first-order valence-electron chi connectivity index (χ1n) is 26.8. The van der Waals surface area contributed by atoms with Crippen LogP contribution in [-0.2, 0) is 10.8 Å². The number of rotatable bonds is 6. The molecule has 10 aromatic carbocycles. The van der Waals surface area contributed by atoms with E-state index in [1.54, 1.807) is 11.1 Å². The fourth-order valence-corrected chi connectivity index (χ4v) is 16.2. The van der Waals surface area contributed by atoms with Gasteiger partial charge in [-0.2, -0.15) is 0 Å². The molecule has 4 bridgehead atoms. The van der Waals surface area contributed by atoms with E-state index in [9.17, 15) is 0 Å². The van der Waals surface area contributed by atoms with Crippen LogP contribution in [0.2, 0.25) is 0 Å². The Kier molecular flexibility index (Phi) is 8.88. The molecule has 6 aliphatic carbocycles. The van der Waals surface area contributed by atoms with Crippen LogP contribution in [-0.4, -0.2) is 4.57 Å². The quantitative estimate of drug-likeness (QED) is 0.161. The number of para-hydroxylation sites is 3. The van der Waals surface area contributed by atoms with E-state index in [1.165, 1.54) is 115 Å². The van der Waals surface area contributed by atoms with Gasteiger partial charge in [-0.25, -0.2) is 0 Å². The van der Waals surface area contributed by atoms with E-state index >= 15 is 0 Å². The van der Waals surface area contributed by atoms with E-state index in [-0.39, 0.29) is 5.41 Å². The molecule has 2 spiro atoms. The summed E-state index contributed by atoms with van der Waals surface area (Å²) in [6.07, 6.45) is 6.79. The molecule has 2 heteroatoms. The molecule has 4 fully saturated rings. The second-order valence-corrected chi connectivity index (χ2v) is 22.0. The number of anilines is 3. The highest BCUT2D eigenvalue weighted by Gasteiger charge is 2.64. The summed E-state index contributed by atoms with van der Waals surface area (Å²) in [5, 5.41) is 2.55. The van der Waals surface area contributed by atoms with Crippen molar-refractivity contribution < 1.29 is 0 Å². The first-order chi connectivity index (χ1) is 36.2. The molecule has 0 radical (unpaired) electrons. The second-order valence-electron chi connectivity index (χ2n) is 22.0. The number of fused-ring (bicyclic) bond motifs is 12.